The maximum absolute atomic E-state index is 10.2. The van der Waals surface area contributed by atoms with E-state index in [4.69, 9.17) is 9.47 Å². The summed E-state index contributed by atoms with van der Waals surface area (Å²) in [7, 11) is 1.64. The topological polar surface area (TPSA) is 50.7 Å². The highest BCUT2D eigenvalue weighted by Gasteiger charge is 2.13. The van der Waals surface area contributed by atoms with Gasteiger partial charge >= 0.3 is 0 Å². The van der Waals surface area contributed by atoms with Crippen LogP contribution in [-0.4, -0.2) is 25.4 Å². The van der Waals surface area contributed by atoms with E-state index < -0.39 is 6.10 Å². The van der Waals surface area contributed by atoms with Crippen molar-refractivity contribution in [2.24, 2.45) is 0 Å². The molecule has 0 aliphatic carbocycles. The van der Waals surface area contributed by atoms with Crippen molar-refractivity contribution >= 4 is 12.4 Å². The molecule has 2 aromatic carbocycles. The van der Waals surface area contributed by atoms with E-state index in [9.17, 15) is 5.11 Å². The first kappa shape index (κ1) is 22.0. The lowest BCUT2D eigenvalue weighted by atomic mass is 10.0. The van der Waals surface area contributed by atoms with Gasteiger partial charge in [-0.25, -0.2) is 0 Å². The molecule has 0 fully saturated rings. The smallest absolute Gasteiger partial charge is 0.164 e. The average Bonchev–Trinajstić information content (AvgIpc) is 2.64. The van der Waals surface area contributed by atoms with Crippen LogP contribution in [0, 0.1) is 0 Å². The third-order valence-electron chi connectivity index (χ3n) is 3.92. The van der Waals surface area contributed by atoms with Crippen LogP contribution in [0.4, 0.5) is 0 Å². The maximum Gasteiger partial charge on any atom is 0.164 e. The standard InChI is InChI=1S/C21H27NO3.ClH/c1-4-9-18-12-16(13-20(24-3)21(18)25-5-2)14-22-15-19(23)17-10-7-6-8-11-17;/h4,6-8,10-13,19,22-23H,1,5,9,14-15H2,2-3H3;1H. The molecular weight excluding hydrogens is 350 g/mol. The summed E-state index contributed by atoms with van der Waals surface area (Å²) in [6.45, 7) is 7.48. The molecule has 2 rings (SSSR count). The Balaban J connectivity index is 0.00000338. The molecule has 1 unspecified atom stereocenters. The first-order valence-corrected chi connectivity index (χ1v) is 8.56. The number of benzene rings is 2. The van der Waals surface area contributed by atoms with Crippen LogP contribution in [-0.2, 0) is 13.0 Å². The number of nitrogens with one attached hydrogen (secondary N) is 1. The molecule has 0 saturated heterocycles. The zero-order chi connectivity index (χ0) is 18.1. The number of rotatable bonds is 10. The minimum absolute atomic E-state index is 0. The van der Waals surface area contributed by atoms with Crippen molar-refractivity contribution in [3.05, 3.63) is 71.8 Å². The first-order chi connectivity index (χ1) is 12.2. The van der Waals surface area contributed by atoms with Gasteiger partial charge in [-0.1, -0.05) is 42.5 Å². The molecule has 1 atom stereocenters. The highest BCUT2D eigenvalue weighted by atomic mass is 35.5. The molecular formula is C21H28ClNO3. The van der Waals surface area contributed by atoms with Crippen molar-refractivity contribution in [1.82, 2.24) is 5.32 Å². The Labute approximate surface area is 162 Å². The van der Waals surface area contributed by atoms with Gasteiger partial charge in [0.05, 0.1) is 19.8 Å². The summed E-state index contributed by atoms with van der Waals surface area (Å²) in [5.41, 5.74) is 3.04. The number of hydrogen-bond acceptors (Lipinski definition) is 4. The lowest BCUT2D eigenvalue weighted by Crippen LogP contribution is -2.21. The molecule has 26 heavy (non-hydrogen) atoms. The maximum atomic E-state index is 10.2. The van der Waals surface area contributed by atoms with E-state index in [1.54, 1.807) is 7.11 Å². The van der Waals surface area contributed by atoms with E-state index in [1.807, 2.05) is 49.4 Å². The SMILES string of the molecule is C=CCc1cc(CNCC(O)c2ccccc2)cc(OC)c1OCC.Cl. The molecule has 0 radical (unpaired) electrons. The molecule has 0 bridgehead atoms. The summed E-state index contributed by atoms with van der Waals surface area (Å²) in [5, 5.41) is 13.5. The van der Waals surface area contributed by atoms with Crippen molar-refractivity contribution < 1.29 is 14.6 Å². The monoisotopic (exact) mass is 377 g/mol. The predicted molar refractivity (Wildman–Crippen MR) is 108 cm³/mol. The number of allylic oxidation sites excluding steroid dienone is 1. The Morgan fingerprint density at radius 2 is 1.96 bits per heavy atom. The molecule has 142 valence electrons. The summed E-state index contributed by atoms with van der Waals surface area (Å²) < 4.78 is 11.2. The van der Waals surface area contributed by atoms with Gasteiger partial charge in [0.1, 0.15) is 0 Å². The summed E-state index contributed by atoms with van der Waals surface area (Å²) in [6, 6.07) is 13.7. The molecule has 0 spiro atoms. The van der Waals surface area contributed by atoms with E-state index in [2.05, 4.69) is 18.0 Å². The summed E-state index contributed by atoms with van der Waals surface area (Å²) >= 11 is 0. The molecule has 0 heterocycles. The number of aliphatic hydroxyl groups excluding tert-OH is 1. The van der Waals surface area contributed by atoms with E-state index in [1.165, 1.54) is 0 Å². The number of ether oxygens (including phenoxy) is 2. The summed E-state index contributed by atoms with van der Waals surface area (Å²) in [6.07, 6.45) is 2.04. The highest BCUT2D eigenvalue weighted by Crippen LogP contribution is 2.33. The van der Waals surface area contributed by atoms with E-state index >= 15 is 0 Å². The quantitative estimate of drug-likeness (QED) is 0.613. The zero-order valence-corrected chi connectivity index (χ0v) is 16.2. The molecule has 5 heteroatoms. The van der Waals surface area contributed by atoms with Gasteiger partial charge in [0.2, 0.25) is 0 Å². The second-order valence-electron chi connectivity index (χ2n) is 5.77. The molecule has 0 aliphatic rings. The lowest BCUT2D eigenvalue weighted by Gasteiger charge is -2.17. The third kappa shape index (κ3) is 6.06. The van der Waals surface area contributed by atoms with Crippen LogP contribution in [0.15, 0.2) is 55.1 Å². The Kier molecular flexibility index (Phi) is 9.81. The van der Waals surface area contributed by atoms with Crippen LogP contribution in [0.3, 0.4) is 0 Å². The lowest BCUT2D eigenvalue weighted by molar-refractivity contribution is 0.174. The molecule has 0 amide bonds. The van der Waals surface area contributed by atoms with Gasteiger partial charge in [0, 0.05) is 18.7 Å². The first-order valence-electron chi connectivity index (χ1n) is 8.56. The normalized spacial score (nSPS) is 11.3. The van der Waals surface area contributed by atoms with Gasteiger partial charge in [0.15, 0.2) is 11.5 Å². The van der Waals surface area contributed by atoms with Crippen molar-refractivity contribution in [1.29, 1.82) is 0 Å². The fraction of sp³-hybridized carbons (Fsp3) is 0.333. The van der Waals surface area contributed by atoms with Gasteiger partial charge in [-0.15, -0.1) is 19.0 Å². The predicted octanol–water partition coefficient (Wildman–Crippen LogP) is 4.07. The molecule has 0 aliphatic heterocycles. The van der Waals surface area contributed by atoms with Gasteiger partial charge in [-0.05, 0) is 30.5 Å². The Morgan fingerprint density at radius 1 is 1.23 bits per heavy atom. The second kappa shape index (κ2) is 11.6. The number of halogens is 1. The Morgan fingerprint density at radius 3 is 2.58 bits per heavy atom. The van der Waals surface area contributed by atoms with Crippen LogP contribution < -0.4 is 14.8 Å². The highest BCUT2D eigenvalue weighted by molar-refractivity contribution is 5.85. The average molecular weight is 378 g/mol. The molecule has 2 aromatic rings. The van der Waals surface area contributed by atoms with Gasteiger partial charge in [-0.3, -0.25) is 0 Å². The number of aliphatic hydroxyl groups is 1. The molecule has 0 saturated carbocycles. The third-order valence-corrected chi connectivity index (χ3v) is 3.92. The van der Waals surface area contributed by atoms with Crippen LogP contribution >= 0.6 is 12.4 Å². The van der Waals surface area contributed by atoms with E-state index in [0.717, 1.165) is 28.2 Å². The van der Waals surface area contributed by atoms with Crippen molar-refractivity contribution in [3.63, 3.8) is 0 Å². The number of methoxy groups -OCH3 is 1. The van der Waals surface area contributed by atoms with Crippen LogP contribution in [0.5, 0.6) is 11.5 Å². The number of hydrogen-bond donors (Lipinski definition) is 2. The van der Waals surface area contributed by atoms with Crippen molar-refractivity contribution in [2.75, 3.05) is 20.3 Å². The van der Waals surface area contributed by atoms with E-state index in [0.29, 0.717) is 26.1 Å². The van der Waals surface area contributed by atoms with E-state index in [-0.39, 0.29) is 12.4 Å². The van der Waals surface area contributed by atoms with Gasteiger partial charge in [0.25, 0.3) is 0 Å². The fourth-order valence-electron chi connectivity index (χ4n) is 2.74. The molecule has 2 N–H and O–H groups in total. The van der Waals surface area contributed by atoms with Crippen molar-refractivity contribution in [3.8, 4) is 11.5 Å². The zero-order valence-electron chi connectivity index (χ0n) is 15.4. The minimum atomic E-state index is -0.529. The van der Waals surface area contributed by atoms with Gasteiger partial charge < -0.3 is 19.9 Å². The van der Waals surface area contributed by atoms with Crippen LogP contribution in [0.25, 0.3) is 0 Å². The Bertz CT molecular complexity index is 676. The Hall–Kier alpha value is -2.01. The van der Waals surface area contributed by atoms with Crippen molar-refractivity contribution in [2.45, 2.75) is 26.0 Å². The fourth-order valence-corrected chi connectivity index (χ4v) is 2.74. The summed E-state index contributed by atoms with van der Waals surface area (Å²) in [4.78, 5) is 0. The van der Waals surface area contributed by atoms with Crippen LogP contribution in [0.2, 0.25) is 0 Å². The second-order valence-corrected chi connectivity index (χ2v) is 5.77. The molecule has 4 nitrogen and oxygen atoms in total. The largest absolute Gasteiger partial charge is 0.493 e. The van der Waals surface area contributed by atoms with Crippen LogP contribution in [0.1, 0.15) is 29.7 Å². The molecule has 0 aromatic heterocycles. The minimum Gasteiger partial charge on any atom is -0.493 e. The summed E-state index contributed by atoms with van der Waals surface area (Å²) in [5.74, 6) is 1.50. The van der Waals surface area contributed by atoms with Gasteiger partial charge in [-0.2, -0.15) is 0 Å².